The Kier molecular flexibility index (Phi) is 5.34. The van der Waals surface area contributed by atoms with Crippen molar-refractivity contribution >= 4 is 46.1 Å². The highest BCUT2D eigenvalue weighted by molar-refractivity contribution is 8.18. The fourth-order valence-corrected chi connectivity index (χ4v) is 5.87. The maximum Gasteiger partial charge on any atom is 0.344 e. The van der Waals surface area contributed by atoms with Crippen LogP contribution in [0.4, 0.5) is 0 Å². The van der Waals surface area contributed by atoms with Crippen molar-refractivity contribution in [3.63, 3.8) is 0 Å². The Bertz CT molecular complexity index is 995. The van der Waals surface area contributed by atoms with Crippen LogP contribution in [0.1, 0.15) is 45.2 Å². The predicted molar refractivity (Wildman–Crippen MR) is 120 cm³/mol. The number of aliphatic carboxylic acids is 1. The second-order valence-corrected chi connectivity index (χ2v) is 9.85. The predicted octanol–water partition coefficient (Wildman–Crippen LogP) is 6.35. The van der Waals surface area contributed by atoms with Gasteiger partial charge in [-0.25, -0.2) is 9.79 Å². The van der Waals surface area contributed by atoms with Crippen molar-refractivity contribution in [2.45, 2.75) is 45.2 Å². The van der Waals surface area contributed by atoms with Gasteiger partial charge in [-0.2, -0.15) is 0 Å². The van der Waals surface area contributed by atoms with Crippen LogP contribution in [0.25, 0.3) is 0 Å². The fraction of sp³-hybridized carbons (Fsp3) is 0.364. The number of halogens is 2. The van der Waals surface area contributed by atoms with Gasteiger partial charge in [-0.05, 0) is 66.8 Å². The summed E-state index contributed by atoms with van der Waals surface area (Å²) >= 11 is 13.6. The standard InChI is InChI=1S/C22H22Cl2N2O2S/c1-12(2)17-18(20(27)28)29-21-25-22(3,14-6-10-16(24)11-7-14)19(26(17)21)13-4-8-15(23)9-5-13/h4-6,8-10,12,19H,7,11H2,1-3H3,(H,27,28)/t19-,22+/m1/s1. The number of carboxylic acids is 1. The van der Waals surface area contributed by atoms with Crippen LogP contribution < -0.4 is 0 Å². The fourth-order valence-electron chi connectivity index (χ4n) is 4.34. The van der Waals surface area contributed by atoms with Gasteiger partial charge in [0.15, 0.2) is 5.17 Å². The van der Waals surface area contributed by atoms with Crippen molar-refractivity contribution in [3.05, 3.63) is 68.2 Å². The molecule has 7 heteroatoms. The first-order chi connectivity index (χ1) is 13.7. The second kappa shape index (κ2) is 7.53. The molecular formula is C22H22Cl2N2O2S. The molecule has 1 aliphatic carbocycles. The van der Waals surface area contributed by atoms with Gasteiger partial charge in [0.05, 0.1) is 6.04 Å². The number of hydrogen-bond acceptors (Lipinski definition) is 4. The molecular weight excluding hydrogens is 427 g/mol. The van der Waals surface area contributed by atoms with Gasteiger partial charge in [0.2, 0.25) is 0 Å². The molecule has 0 unspecified atom stereocenters. The normalized spacial score (nSPS) is 26.5. The minimum atomic E-state index is -0.904. The minimum Gasteiger partial charge on any atom is -0.477 e. The zero-order chi connectivity index (χ0) is 20.9. The lowest BCUT2D eigenvalue weighted by molar-refractivity contribution is -0.131. The lowest BCUT2D eigenvalue weighted by Gasteiger charge is -2.38. The number of carbonyl (C=O) groups is 1. The molecule has 0 radical (unpaired) electrons. The summed E-state index contributed by atoms with van der Waals surface area (Å²) in [6.07, 6.45) is 5.64. The summed E-state index contributed by atoms with van der Waals surface area (Å²) in [6.45, 7) is 6.19. The zero-order valence-corrected chi connectivity index (χ0v) is 18.8. The van der Waals surface area contributed by atoms with E-state index in [1.807, 2.05) is 44.2 Å². The third kappa shape index (κ3) is 3.43. The summed E-state index contributed by atoms with van der Waals surface area (Å²) in [5.74, 6) is -0.855. The van der Waals surface area contributed by atoms with Crippen LogP contribution in [0, 0.1) is 5.92 Å². The highest BCUT2D eigenvalue weighted by Gasteiger charge is 2.53. The molecule has 3 aliphatic rings. The maximum atomic E-state index is 11.9. The van der Waals surface area contributed by atoms with Gasteiger partial charge in [0, 0.05) is 15.8 Å². The molecule has 1 N–H and O–H groups in total. The lowest BCUT2D eigenvalue weighted by atomic mass is 9.77. The Morgan fingerprint density at radius 1 is 1.24 bits per heavy atom. The number of benzene rings is 1. The molecule has 0 amide bonds. The second-order valence-electron chi connectivity index (χ2n) is 7.95. The Hall–Kier alpha value is -1.69. The summed E-state index contributed by atoms with van der Waals surface area (Å²) in [4.78, 5) is 19.5. The SMILES string of the molecule is CC(C)C1=C(C(=O)O)SC2=N[C@@](C)(C3=CC=C(Cl)CC3)[C@@H](c3ccc(Cl)cc3)N21. The average Bonchev–Trinajstić information content (AvgIpc) is 3.16. The number of thioether (sulfide) groups is 1. The molecule has 2 atom stereocenters. The van der Waals surface area contributed by atoms with Crippen molar-refractivity contribution in [2.75, 3.05) is 0 Å². The van der Waals surface area contributed by atoms with Crippen LogP contribution in [-0.4, -0.2) is 26.7 Å². The third-order valence-corrected chi connectivity index (χ3v) is 7.31. The van der Waals surface area contributed by atoms with Gasteiger partial charge in [0.1, 0.15) is 10.4 Å². The molecule has 2 heterocycles. The number of rotatable bonds is 4. The molecule has 0 saturated carbocycles. The number of fused-ring (bicyclic) bond motifs is 1. The van der Waals surface area contributed by atoms with E-state index >= 15 is 0 Å². The first kappa shape index (κ1) is 20.6. The summed E-state index contributed by atoms with van der Waals surface area (Å²) < 4.78 is 0. The van der Waals surface area contributed by atoms with Crippen molar-refractivity contribution in [3.8, 4) is 0 Å². The molecule has 152 valence electrons. The van der Waals surface area contributed by atoms with Gasteiger partial charge in [-0.15, -0.1) is 0 Å². The van der Waals surface area contributed by atoms with Crippen LogP contribution in [0.2, 0.25) is 5.02 Å². The number of nitrogens with zero attached hydrogens (tertiary/aromatic N) is 2. The van der Waals surface area contributed by atoms with E-state index in [1.54, 1.807) is 0 Å². The molecule has 0 fully saturated rings. The third-order valence-electron chi connectivity index (χ3n) is 5.69. The molecule has 4 rings (SSSR count). The van der Waals surface area contributed by atoms with Gasteiger partial charge in [0.25, 0.3) is 0 Å². The quantitative estimate of drug-likeness (QED) is 0.582. The molecule has 0 saturated heterocycles. The highest BCUT2D eigenvalue weighted by Crippen LogP contribution is 2.55. The van der Waals surface area contributed by atoms with Crippen molar-refractivity contribution in [2.24, 2.45) is 10.9 Å². The number of allylic oxidation sites excluding steroid dienone is 4. The van der Waals surface area contributed by atoms with Crippen LogP contribution in [-0.2, 0) is 4.79 Å². The van der Waals surface area contributed by atoms with Crippen molar-refractivity contribution in [1.82, 2.24) is 4.90 Å². The first-order valence-electron chi connectivity index (χ1n) is 9.58. The molecule has 0 bridgehead atoms. The number of aliphatic imine (C=N–C) groups is 1. The molecule has 2 aliphatic heterocycles. The maximum absolute atomic E-state index is 11.9. The van der Waals surface area contributed by atoms with E-state index in [0.717, 1.165) is 34.3 Å². The van der Waals surface area contributed by atoms with E-state index < -0.39 is 11.5 Å². The Balaban J connectivity index is 1.89. The van der Waals surface area contributed by atoms with Gasteiger partial charge in [-0.1, -0.05) is 55.3 Å². The van der Waals surface area contributed by atoms with Crippen LogP contribution in [0.15, 0.2) is 62.6 Å². The number of hydrogen-bond donors (Lipinski definition) is 1. The van der Waals surface area contributed by atoms with E-state index in [9.17, 15) is 9.90 Å². The van der Waals surface area contributed by atoms with Gasteiger partial charge >= 0.3 is 5.97 Å². The molecule has 1 aromatic rings. The van der Waals surface area contributed by atoms with E-state index in [1.165, 1.54) is 17.3 Å². The van der Waals surface area contributed by atoms with Gasteiger partial charge in [-0.3, -0.25) is 0 Å². The zero-order valence-electron chi connectivity index (χ0n) is 16.4. The molecule has 1 aromatic carbocycles. The van der Waals surface area contributed by atoms with E-state index in [-0.39, 0.29) is 12.0 Å². The Labute approximate surface area is 185 Å². The van der Waals surface area contributed by atoms with E-state index in [4.69, 9.17) is 28.2 Å². The smallest absolute Gasteiger partial charge is 0.344 e. The molecule has 0 aromatic heterocycles. The minimum absolute atomic E-state index is 0.0492. The van der Waals surface area contributed by atoms with Crippen LogP contribution >= 0.6 is 35.0 Å². The van der Waals surface area contributed by atoms with Crippen molar-refractivity contribution in [1.29, 1.82) is 0 Å². The first-order valence-corrected chi connectivity index (χ1v) is 11.1. The van der Waals surface area contributed by atoms with E-state index in [0.29, 0.717) is 9.93 Å². The monoisotopic (exact) mass is 448 g/mol. The van der Waals surface area contributed by atoms with Crippen LogP contribution in [0.3, 0.4) is 0 Å². The summed E-state index contributed by atoms with van der Waals surface area (Å²) in [6, 6.07) is 7.63. The summed E-state index contributed by atoms with van der Waals surface area (Å²) in [5.41, 5.74) is 2.55. The summed E-state index contributed by atoms with van der Waals surface area (Å²) in [7, 11) is 0. The van der Waals surface area contributed by atoms with E-state index in [2.05, 4.69) is 17.9 Å². The molecule has 4 nitrogen and oxygen atoms in total. The Morgan fingerprint density at radius 3 is 2.48 bits per heavy atom. The highest BCUT2D eigenvalue weighted by atomic mass is 35.5. The van der Waals surface area contributed by atoms with Gasteiger partial charge < -0.3 is 10.0 Å². The number of amidine groups is 1. The van der Waals surface area contributed by atoms with Crippen LogP contribution in [0.5, 0.6) is 0 Å². The largest absolute Gasteiger partial charge is 0.477 e. The molecule has 29 heavy (non-hydrogen) atoms. The average molecular weight is 449 g/mol. The summed E-state index contributed by atoms with van der Waals surface area (Å²) in [5, 5.41) is 12.0. The lowest BCUT2D eigenvalue weighted by Crippen LogP contribution is -2.39. The number of carboxylic acid groups (broad SMARTS) is 1. The Morgan fingerprint density at radius 2 is 1.93 bits per heavy atom. The molecule has 0 spiro atoms. The topological polar surface area (TPSA) is 52.9 Å². The van der Waals surface area contributed by atoms with Crippen molar-refractivity contribution < 1.29 is 9.90 Å².